The average Bonchev–Trinajstić information content (AvgIpc) is 2.99. The van der Waals surface area contributed by atoms with Crippen LogP contribution in [0.25, 0.3) is 0 Å². The summed E-state index contributed by atoms with van der Waals surface area (Å²) in [6.45, 7) is 3.81. The fourth-order valence-electron chi connectivity index (χ4n) is 4.30. The number of piperazine rings is 1. The lowest BCUT2D eigenvalue weighted by Gasteiger charge is -2.47. The molecule has 110 valence electrons. The number of rotatable bonds is 4. The summed E-state index contributed by atoms with van der Waals surface area (Å²) in [4.78, 5) is 2.84. The topological polar surface area (TPSA) is 15.3 Å². The summed E-state index contributed by atoms with van der Waals surface area (Å²) in [7, 11) is 0. The molecule has 2 nitrogen and oxygen atoms in total. The summed E-state index contributed by atoms with van der Waals surface area (Å²) in [5.74, 6) is 0.990. The molecule has 1 unspecified atom stereocenters. The molecule has 0 bridgehead atoms. The van der Waals surface area contributed by atoms with E-state index in [0.29, 0.717) is 5.54 Å². The average molecular weight is 290 g/mol. The van der Waals surface area contributed by atoms with Crippen LogP contribution in [0.3, 0.4) is 0 Å². The number of hydrogen-bond donors (Lipinski definition) is 1. The van der Waals surface area contributed by atoms with Gasteiger partial charge in [0.25, 0.3) is 0 Å². The molecule has 1 atom stereocenters. The molecule has 20 heavy (non-hydrogen) atoms. The summed E-state index contributed by atoms with van der Waals surface area (Å²) >= 11 is 1.83. The second-order valence-corrected chi connectivity index (χ2v) is 7.91. The van der Waals surface area contributed by atoms with E-state index in [0.717, 1.165) is 12.0 Å². The molecule has 1 spiro atoms. The second kappa shape index (κ2) is 5.43. The number of thiophene rings is 1. The summed E-state index contributed by atoms with van der Waals surface area (Å²) in [6, 6.07) is 3.12. The Labute approximate surface area is 126 Å². The first kappa shape index (κ1) is 13.3. The highest BCUT2D eigenvalue weighted by Crippen LogP contribution is 2.40. The molecule has 1 N–H and O–H groups in total. The molecule has 0 radical (unpaired) electrons. The van der Waals surface area contributed by atoms with Crippen LogP contribution in [0.5, 0.6) is 0 Å². The first-order valence-electron chi connectivity index (χ1n) is 8.35. The van der Waals surface area contributed by atoms with Gasteiger partial charge < -0.3 is 5.32 Å². The fourth-order valence-corrected chi connectivity index (χ4v) is 5.00. The SMILES string of the molecule is c1cc(CCN2CC3(CCCC3)NCC2C2CC2)cs1. The Balaban J connectivity index is 1.43. The highest BCUT2D eigenvalue weighted by molar-refractivity contribution is 7.07. The molecule has 1 saturated heterocycles. The van der Waals surface area contributed by atoms with Crippen molar-refractivity contribution >= 4 is 11.3 Å². The van der Waals surface area contributed by atoms with Gasteiger partial charge in [-0.25, -0.2) is 0 Å². The standard InChI is InChI=1S/C17H26N2S/c1-2-8-17(7-1)13-19(9-5-14-6-10-20-12-14)16(11-18-17)15-3-4-15/h6,10,12,15-16,18H,1-5,7-9,11,13H2. The Bertz CT molecular complexity index is 432. The molecule has 1 aliphatic heterocycles. The predicted molar refractivity (Wildman–Crippen MR) is 85.3 cm³/mol. The van der Waals surface area contributed by atoms with Crippen LogP contribution >= 0.6 is 11.3 Å². The van der Waals surface area contributed by atoms with E-state index in [2.05, 4.69) is 27.0 Å². The predicted octanol–water partition coefficient (Wildman–Crippen LogP) is 3.29. The maximum atomic E-state index is 3.95. The number of nitrogens with one attached hydrogen (secondary N) is 1. The molecule has 3 aliphatic rings. The van der Waals surface area contributed by atoms with Crippen LogP contribution in [0, 0.1) is 5.92 Å². The van der Waals surface area contributed by atoms with Gasteiger partial charge in [-0.15, -0.1) is 0 Å². The lowest BCUT2D eigenvalue weighted by molar-refractivity contribution is 0.0703. The largest absolute Gasteiger partial charge is 0.308 e. The Morgan fingerprint density at radius 3 is 2.85 bits per heavy atom. The van der Waals surface area contributed by atoms with E-state index in [1.165, 1.54) is 70.1 Å². The van der Waals surface area contributed by atoms with Crippen molar-refractivity contribution < 1.29 is 0 Å². The van der Waals surface area contributed by atoms with E-state index in [1.807, 2.05) is 11.3 Å². The molecule has 2 saturated carbocycles. The van der Waals surface area contributed by atoms with Crippen molar-refractivity contribution in [3.05, 3.63) is 22.4 Å². The maximum absolute atomic E-state index is 3.95. The number of nitrogens with zero attached hydrogens (tertiary/aromatic N) is 1. The fraction of sp³-hybridized carbons (Fsp3) is 0.765. The van der Waals surface area contributed by atoms with E-state index in [-0.39, 0.29) is 0 Å². The van der Waals surface area contributed by atoms with Gasteiger partial charge in [0.2, 0.25) is 0 Å². The van der Waals surface area contributed by atoms with Crippen molar-refractivity contribution in [1.29, 1.82) is 0 Å². The third kappa shape index (κ3) is 2.68. The lowest BCUT2D eigenvalue weighted by atomic mass is 9.91. The Kier molecular flexibility index (Phi) is 3.61. The van der Waals surface area contributed by atoms with E-state index < -0.39 is 0 Å². The van der Waals surface area contributed by atoms with Crippen molar-refractivity contribution in [2.45, 2.75) is 56.5 Å². The van der Waals surface area contributed by atoms with Gasteiger partial charge >= 0.3 is 0 Å². The first-order chi connectivity index (χ1) is 9.85. The zero-order chi connectivity index (χ0) is 13.4. The van der Waals surface area contributed by atoms with Crippen LogP contribution in [0.4, 0.5) is 0 Å². The zero-order valence-electron chi connectivity index (χ0n) is 12.3. The van der Waals surface area contributed by atoms with Gasteiger partial charge in [-0.1, -0.05) is 12.8 Å². The molecule has 2 heterocycles. The van der Waals surface area contributed by atoms with Gasteiger partial charge in [-0.2, -0.15) is 11.3 Å². The van der Waals surface area contributed by atoms with Crippen molar-refractivity contribution in [2.75, 3.05) is 19.6 Å². The van der Waals surface area contributed by atoms with Crippen LogP contribution in [0.2, 0.25) is 0 Å². The smallest absolute Gasteiger partial charge is 0.0309 e. The monoisotopic (exact) mass is 290 g/mol. The molecule has 1 aromatic heterocycles. The van der Waals surface area contributed by atoms with Crippen molar-refractivity contribution in [1.82, 2.24) is 10.2 Å². The molecule has 1 aromatic rings. The van der Waals surface area contributed by atoms with Crippen LogP contribution in [-0.4, -0.2) is 36.1 Å². The van der Waals surface area contributed by atoms with E-state index in [1.54, 1.807) is 0 Å². The highest BCUT2D eigenvalue weighted by Gasteiger charge is 2.45. The molecule has 4 rings (SSSR count). The van der Waals surface area contributed by atoms with Gasteiger partial charge in [-0.05, 0) is 60.4 Å². The minimum atomic E-state index is 0.472. The molecule has 0 aromatic carbocycles. The van der Waals surface area contributed by atoms with Crippen LogP contribution < -0.4 is 5.32 Å². The third-order valence-electron chi connectivity index (χ3n) is 5.66. The molecule has 3 heteroatoms. The van der Waals surface area contributed by atoms with Gasteiger partial charge in [0.15, 0.2) is 0 Å². The quantitative estimate of drug-likeness (QED) is 0.915. The Morgan fingerprint density at radius 1 is 1.30 bits per heavy atom. The van der Waals surface area contributed by atoms with Crippen molar-refractivity contribution in [3.63, 3.8) is 0 Å². The summed E-state index contributed by atoms with van der Waals surface area (Å²) in [6.07, 6.45) is 9.84. The summed E-state index contributed by atoms with van der Waals surface area (Å²) < 4.78 is 0. The molecule has 2 aliphatic carbocycles. The lowest BCUT2D eigenvalue weighted by Crippen LogP contribution is -2.63. The van der Waals surface area contributed by atoms with Gasteiger partial charge in [0.05, 0.1) is 0 Å². The van der Waals surface area contributed by atoms with Crippen LogP contribution in [-0.2, 0) is 6.42 Å². The number of hydrogen-bond acceptors (Lipinski definition) is 3. The zero-order valence-corrected chi connectivity index (χ0v) is 13.1. The minimum Gasteiger partial charge on any atom is -0.308 e. The summed E-state index contributed by atoms with van der Waals surface area (Å²) in [5.41, 5.74) is 2.00. The van der Waals surface area contributed by atoms with Gasteiger partial charge in [-0.3, -0.25) is 4.90 Å². The Hall–Kier alpha value is -0.380. The van der Waals surface area contributed by atoms with Crippen molar-refractivity contribution in [2.24, 2.45) is 5.92 Å². The minimum absolute atomic E-state index is 0.472. The maximum Gasteiger partial charge on any atom is 0.0309 e. The van der Waals surface area contributed by atoms with Crippen LogP contribution in [0.1, 0.15) is 44.1 Å². The molecular weight excluding hydrogens is 264 g/mol. The molecule has 0 amide bonds. The van der Waals surface area contributed by atoms with E-state index in [4.69, 9.17) is 0 Å². The van der Waals surface area contributed by atoms with Gasteiger partial charge in [0.1, 0.15) is 0 Å². The van der Waals surface area contributed by atoms with Crippen molar-refractivity contribution in [3.8, 4) is 0 Å². The Morgan fingerprint density at radius 2 is 2.15 bits per heavy atom. The second-order valence-electron chi connectivity index (χ2n) is 7.13. The van der Waals surface area contributed by atoms with E-state index in [9.17, 15) is 0 Å². The molecular formula is C17H26N2S. The first-order valence-corrected chi connectivity index (χ1v) is 9.29. The third-order valence-corrected chi connectivity index (χ3v) is 6.39. The normalized spacial score (nSPS) is 30.1. The molecule has 3 fully saturated rings. The van der Waals surface area contributed by atoms with Gasteiger partial charge in [0, 0.05) is 31.2 Å². The van der Waals surface area contributed by atoms with E-state index >= 15 is 0 Å². The highest BCUT2D eigenvalue weighted by atomic mass is 32.1. The van der Waals surface area contributed by atoms with Crippen LogP contribution in [0.15, 0.2) is 16.8 Å². The summed E-state index contributed by atoms with van der Waals surface area (Å²) in [5, 5.41) is 8.48.